The summed E-state index contributed by atoms with van der Waals surface area (Å²) in [5.41, 5.74) is 0.608. The largest absolute Gasteiger partial charge is 0.488 e. The van der Waals surface area contributed by atoms with Gasteiger partial charge in [0.25, 0.3) is 0 Å². The lowest BCUT2D eigenvalue weighted by molar-refractivity contribution is -0.0178. The number of aliphatic hydroxyl groups excluding tert-OH is 1. The molecule has 19 heavy (non-hydrogen) atoms. The van der Waals surface area contributed by atoms with Crippen molar-refractivity contribution < 1.29 is 14.2 Å². The molecule has 0 bridgehead atoms. The van der Waals surface area contributed by atoms with Gasteiger partial charge in [-0.15, -0.1) is 0 Å². The first-order chi connectivity index (χ1) is 8.97. The van der Waals surface area contributed by atoms with E-state index in [1.807, 2.05) is 0 Å². The predicted octanol–water partition coefficient (Wildman–Crippen LogP) is 3.70. The molecule has 0 aliphatic heterocycles. The Balaban J connectivity index is 2.05. The van der Waals surface area contributed by atoms with Crippen molar-refractivity contribution in [3.05, 3.63) is 29.6 Å². The molecule has 3 heteroatoms. The summed E-state index contributed by atoms with van der Waals surface area (Å²) < 4.78 is 19.3. The lowest BCUT2D eigenvalue weighted by Crippen LogP contribution is -2.39. The Labute approximate surface area is 114 Å². The van der Waals surface area contributed by atoms with Crippen molar-refractivity contribution >= 4 is 0 Å². The molecular formula is C16H23FO2. The van der Waals surface area contributed by atoms with Crippen LogP contribution in [-0.2, 0) is 0 Å². The number of hydrogen-bond donors (Lipinski definition) is 1. The zero-order valence-corrected chi connectivity index (χ0v) is 11.9. The second-order valence-electron chi connectivity index (χ2n) is 5.95. The van der Waals surface area contributed by atoms with Gasteiger partial charge in [-0.05, 0) is 49.7 Å². The molecule has 1 aliphatic carbocycles. The zero-order chi connectivity index (χ0) is 14.0. The summed E-state index contributed by atoms with van der Waals surface area (Å²) in [5.74, 6) is 1.41. The van der Waals surface area contributed by atoms with E-state index in [-0.39, 0.29) is 11.9 Å². The Kier molecular flexibility index (Phi) is 4.46. The SMILES string of the molecule is Cc1ccc(OC2CC(C(C)C)CCC2O)cc1F. The molecular weight excluding hydrogens is 243 g/mol. The fraction of sp³-hybridized carbons (Fsp3) is 0.625. The molecule has 0 radical (unpaired) electrons. The van der Waals surface area contributed by atoms with Gasteiger partial charge in [-0.2, -0.15) is 0 Å². The van der Waals surface area contributed by atoms with E-state index in [1.165, 1.54) is 6.07 Å². The summed E-state index contributed by atoms with van der Waals surface area (Å²) >= 11 is 0. The molecule has 0 aromatic heterocycles. The number of aryl methyl sites for hydroxylation is 1. The first kappa shape index (κ1) is 14.3. The highest BCUT2D eigenvalue weighted by atomic mass is 19.1. The third-order valence-corrected chi connectivity index (χ3v) is 4.17. The Bertz CT molecular complexity index is 431. The van der Waals surface area contributed by atoms with E-state index in [0.717, 1.165) is 19.3 Å². The van der Waals surface area contributed by atoms with Gasteiger partial charge < -0.3 is 9.84 Å². The van der Waals surface area contributed by atoms with Crippen LogP contribution in [0.25, 0.3) is 0 Å². The molecule has 1 saturated carbocycles. The summed E-state index contributed by atoms with van der Waals surface area (Å²) in [7, 11) is 0. The molecule has 0 spiro atoms. The van der Waals surface area contributed by atoms with E-state index in [4.69, 9.17) is 4.74 Å². The molecule has 1 aromatic carbocycles. The van der Waals surface area contributed by atoms with Crippen LogP contribution in [0.1, 0.15) is 38.7 Å². The average Bonchev–Trinajstić information content (AvgIpc) is 2.36. The minimum absolute atomic E-state index is 0.219. The summed E-state index contributed by atoms with van der Waals surface area (Å²) in [6.45, 7) is 6.12. The Hall–Kier alpha value is -1.09. The van der Waals surface area contributed by atoms with E-state index in [2.05, 4.69) is 13.8 Å². The van der Waals surface area contributed by atoms with Crippen LogP contribution >= 0.6 is 0 Å². The topological polar surface area (TPSA) is 29.5 Å². The van der Waals surface area contributed by atoms with Crippen molar-refractivity contribution in [3.63, 3.8) is 0 Å². The van der Waals surface area contributed by atoms with Gasteiger partial charge in [0.2, 0.25) is 0 Å². The fourth-order valence-electron chi connectivity index (χ4n) is 2.70. The zero-order valence-electron chi connectivity index (χ0n) is 11.9. The number of halogens is 1. The molecule has 3 atom stereocenters. The molecule has 1 N–H and O–H groups in total. The average molecular weight is 266 g/mol. The van der Waals surface area contributed by atoms with E-state index in [9.17, 15) is 9.50 Å². The number of aliphatic hydroxyl groups is 1. The molecule has 1 fully saturated rings. The van der Waals surface area contributed by atoms with Gasteiger partial charge in [0.1, 0.15) is 17.7 Å². The van der Waals surface area contributed by atoms with Crippen molar-refractivity contribution in [1.29, 1.82) is 0 Å². The minimum Gasteiger partial charge on any atom is -0.488 e. The molecule has 1 aliphatic rings. The number of benzene rings is 1. The molecule has 0 amide bonds. The van der Waals surface area contributed by atoms with Crippen LogP contribution in [0.5, 0.6) is 5.75 Å². The van der Waals surface area contributed by atoms with E-state index in [1.54, 1.807) is 19.1 Å². The van der Waals surface area contributed by atoms with Crippen LogP contribution in [-0.4, -0.2) is 17.3 Å². The van der Waals surface area contributed by atoms with Crippen LogP contribution in [0.2, 0.25) is 0 Å². The Morgan fingerprint density at radius 2 is 2.05 bits per heavy atom. The van der Waals surface area contributed by atoms with Crippen molar-refractivity contribution in [2.24, 2.45) is 11.8 Å². The summed E-state index contributed by atoms with van der Waals surface area (Å²) in [6.07, 6.45) is 1.99. The van der Waals surface area contributed by atoms with Gasteiger partial charge in [-0.3, -0.25) is 0 Å². The van der Waals surface area contributed by atoms with Gasteiger partial charge >= 0.3 is 0 Å². The molecule has 3 unspecified atom stereocenters. The standard InChI is InChI=1S/C16H23FO2/c1-10(2)12-5-7-15(18)16(8-12)19-13-6-4-11(3)14(17)9-13/h4,6,9-10,12,15-16,18H,5,7-8H2,1-3H3. The second-order valence-corrected chi connectivity index (χ2v) is 5.95. The monoisotopic (exact) mass is 266 g/mol. The lowest BCUT2D eigenvalue weighted by atomic mass is 9.79. The Morgan fingerprint density at radius 3 is 2.68 bits per heavy atom. The highest BCUT2D eigenvalue weighted by molar-refractivity contribution is 5.28. The number of rotatable bonds is 3. The Morgan fingerprint density at radius 1 is 1.32 bits per heavy atom. The van der Waals surface area contributed by atoms with E-state index >= 15 is 0 Å². The van der Waals surface area contributed by atoms with Crippen LogP contribution in [0, 0.1) is 24.6 Å². The number of hydrogen-bond acceptors (Lipinski definition) is 2. The fourth-order valence-corrected chi connectivity index (χ4v) is 2.70. The highest BCUT2D eigenvalue weighted by Gasteiger charge is 2.32. The third kappa shape index (κ3) is 3.47. The molecule has 106 valence electrons. The van der Waals surface area contributed by atoms with E-state index in [0.29, 0.717) is 23.1 Å². The van der Waals surface area contributed by atoms with Gasteiger partial charge in [0.05, 0.1) is 6.10 Å². The third-order valence-electron chi connectivity index (χ3n) is 4.17. The van der Waals surface area contributed by atoms with Crippen LogP contribution < -0.4 is 4.74 Å². The molecule has 0 heterocycles. The number of ether oxygens (including phenoxy) is 1. The maximum atomic E-state index is 13.5. The van der Waals surface area contributed by atoms with Crippen molar-refractivity contribution in [1.82, 2.24) is 0 Å². The predicted molar refractivity (Wildman–Crippen MR) is 73.7 cm³/mol. The summed E-state index contributed by atoms with van der Waals surface area (Å²) in [4.78, 5) is 0. The minimum atomic E-state index is -0.445. The van der Waals surface area contributed by atoms with Gasteiger partial charge in [-0.1, -0.05) is 19.9 Å². The smallest absolute Gasteiger partial charge is 0.129 e. The first-order valence-corrected chi connectivity index (χ1v) is 7.08. The second kappa shape index (κ2) is 5.91. The van der Waals surface area contributed by atoms with Crippen LogP contribution in [0.15, 0.2) is 18.2 Å². The maximum Gasteiger partial charge on any atom is 0.129 e. The van der Waals surface area contributed by atoms with Crippen molar-refractivity contribution in [2.75, 3.05) is 0 Å². The van der Waals surface area contributed by atoms with Gasteiger partial charge in [0.15, 0.2) is 0 Å². The van der Waals surface area contributed by atoms with Crippen LogP contribution in [0.4, 0.5) is 4.39 Å². The van der Waals surface area contributed by atoms with Gasteiger partial charge in [0, 0.05) is 6.07 Å². The highest BCUT2D eigenvalue weighted by Crippen LogP contribution is 2.32. The normalized spacial score (nSPS) is 27.6. The van der Waals surface area contributed by atoms with Crippen molar-refractivity contribution in [3.8, 4) is 5.75 Å². The first-order valence-electron chi connectivity index (χ1n) is 7.08. The molecule has 0 saturated heterocycles. The molecule has 2 rings (SSSR count). The summed E-state index contributed by atoms with van der Waals surface area (Å²) in [5, 5.41) is 10.0. The lowest BCUT2D eigenvalue weighted by Gasteiger charge is -2.35. The summed E-state index contributed by atoms with van der Waals surface area (Å²) in [6, 6.07) is 4.88. The molecule has 1 aromatic rings. The molecule has 2 nitrogen and oxygen atoms in total. The van der Waals surface area contributed by atoms with Gasteiger partial charge in [-0.25, -0.2) is 4.39 Å². The quantitative estimate of drug-likeness (QED) is 0.904. The van der Waals surface area contributed by atoms with Crippen LogP contribution in [0.3, 0.4) is 0 Å². The van der Waals surface area contributed by atoms with E-state index < -0.39 is 6.10 Å². The van der Waals surface area contributed by atoms with Crippen molar-refractivity contribution in [2.45, 2.75) is 52.2 Å². The maximum absolute atomic E-state index is 13.5.